The van der Waals surface area contributed by atoms with E-state index in [1.165, 1.54) is 5.06 Å². The van der Waals surface area contributed by atoms with E-state index in [-0.39, 0.29) is 36.5 Å². The first-order chi connectivity index (χ1) is 21.3. The first-order valence-electron chi connectivity index (χ1n) is 17.6. The van der Waals surface area contributed by atoms with Gasteiger partial charge in [-0.3, -0.25) is 14.5 Å². The Morgan fingerprint density at radius 3 is 1.50 bits per heavy atom. The molecule has 2 heterocycles. The molecule has 1 N–H and O–H groups in total. The third-order valence-electron chi connectivity index (χ3n) is 10.3. The van der Waals surface area contributed by atoms with Crippen molar-refractivity contribution in [3.63, 3.8) is 0 Å². The third kappa shape index (κ3) is 11.1. The van der Waals surface area contributed by atoms with Crippen LogP contribution in [0.2, 0.25) is 0 Å². The molecule has 270 valence electrons. The number of nitrogens with zero attached hydrogens (tertiary/aromatic N) is 2. The topological polar surface area (TPSA) is 107 Å². The summed E-state index contributed by atoms with van der Waals surface area (Å²) in [6.45, 7) is 20.8. The Labute approximate surface area is 280 Å². The molecule has 0 amide bonds. The molecule has 0 saturated carbocycles. The molecular weight excluding hydrogens is 588 g/mol. The van der Waals surface area contributed by atoms with Crippen LogP contribution in [-0.2, 0) is 33.3 Å². The highest BCUT2D eigenvalue weighted by molar-refractivity contribution is 6.00. The summed E-state index contributed by atoms with van der Waals surface area (Å²) in [6, 6.07) is 0. The van der Waals surface area contributed by atoms with Crippen LogP contribution < -0.4 is 0 Å². The van der Waals surface area contributed by atoms with Crippen molar-refractivity contribution in [2.45, 2.75) is 167 Å². The van der Waals surface area contributed by atoms with Crippen LogP contribution in [0.1, 0.15) is 133 Å². The van der Waals surface area contributed by atoms with Crippen molar-refractivity contribution in [3.8, 4) is 0 Å². The highest BCUT2D eigenvalue weighted by atomic mass is 16.6. The molecule has 0 spiro atoms. The summed E-state index contributed by atoms with van der Waals surface area (Å²) >= 11 is 0. The molecule has 0 aromatic heterocycles. The van der Waals surface area contributed by atoms with Gasteiger partial charge in [0.1, 0.15) is 0 Å². The molecule has 46 heavy (non-hydrogen) atoms. The van der Waals surface area contributed by atoms with Gasteiger partial charge in [-0.1, -0.05) is 19.8 Å². The molecule has 0 radical (unpaired) electrons. The average Bonchev–Trinajstić information content (AvgIpc) is 2.95. The highest BCUT2D eigenvalue weighted by Crippen LogP contribution is 2.39. The fraction of sp³-hybridized carbons (Fsp3) is 0.944. The zero-order valence-corrected chi connectivity index (χ0v) is 31.2. The van der Waals surface area contributed by atoms with Crippen LogP contribution in [-0.4, -0.2) is 109 Å². The number of ether oxygens (including phenoxy) is 5. The van der Waals surface area contributed by atoms with E-state index in [1.807, 2.05) is 34.6 Å². The van der Waals surface area contributed by atoms with Crippen LogP contribution in [0.15, 0.2) is 0 Å². The quantitative estimate of drug-likeness (QED) is 0.0934. The van der Waals surface area contributed by atoms with Crippen molar-refractivity contribution in [1.82, 2.24) is 9.96 Å². The Morgan fingerprint density at radius 1 is 0.674 bits per heavy atom. The number of rotatable bonds is 19. The van der Waals surface area contributed by atoms with E-state index in [0.29, 0.717) is 71.2 Å². The molecule has 0 aromatic rings. The maximum Gasteiger partial charge on any atom is 0.323 e. The van der Waals surface area contributed by atoms with Gasteiger partial charge in [0.05, 0.1) is 38.6 Å². The molecule has 2 rings (SSSR count). The van der Waals surface area contributed by atoms with Crippen LogP contribution >= 0.6 is 0 Å². The molecular formula is C36H68N2O8. The van der Waals surface area contributed by atoms with E-state index in [1.54, 1.807) is 7.11 Å². The molecule has 2 fully saturated rings. The van der Waals surface area contributed by atoms with Crippen LogP contribution in [0.4, 0.5) is 0 Å². The predicted octanol–water partition coefficient (Wildman–Crippen LogP) is 6.55. The minimum atomic E-state index is -1.36. The molecule has 1 unspecified atom stereocenters. The predicted molar refractivity (Wildman–Crippen MR) is 180 cm³/mol. The molecule has 2 aliphatic heterocycles. The van der Waals surface area contributed by atoms with Gasteiger partial charge in [0.15, 0.2) is 5.41 Å². The normalized spacial score (nSPS) is 23.1. The van der Waals surface area contributed by atoms with Crippen molar-refractivity contribution >= 4 is 11.9 Å². The van der Waals surface area contributed by atoms with Gasteiger partial charge in [-0.05, 0) is 107 Å². The Bertz CT molecular complexity index is 850. The third-order valence-corrected chi connectivity index (χ3v) is 10.3. The fourth-order valence-electron chi connectivity index (χ4n) is 7.53. The first-order valence-corrected chi connectivity index (χ1v) is 17.6. The summed E-state index contributed by atoms with van der Waals surface area (Å²) in [7, 11) is 3.79. The van der Waals surface area contributed by atoms with Gasteiger partial charge in [0, 0.05) is 48.7 Å². The summed E-state index contributed by atoms with van der Waals surface area (Å²) in [4.78, 5) is 29.7. The Hall–Kier alpha value is -1.30. The number of hydroxylamine groups is 2. The molecule has 2 aliphatic rings. The number of unbranched alkanes of at least 4 members (excludes halogenated alkanes) is 1. The smallest absolute Gasteiger partial charge is 0.323 e. The van der Waals surface area contributed by atoms with Crippen LogP contribution in [0, 0.1) is 5.41 Å². The fourth-order valence-corrected chi connectivity index (χ4v) is 7.53. The van der Waals surface area contributed by atoms with Gasteiger partial charge in [-0.25, -0.2) is 0 Å². The van der Waals surface area contributed by atoms with Crippen LogP contribution in [0.3, 0.4) is 0 Å². The van der Waals surface area contributed by atoms with Gasteiger partial charge in [0.25, 0.3) is 0 Å². The van der Waals surface area contributed by atoms with E-state index >= 15 is 0 Å². The summed E-state index contributed by atoms with van der Waals surface area (Å²) in [5, 5.41) is 12.0. The van der Waals surface area contributed by atoms with Crippen LogP contribution in [0.25, 0.3) is 0 Å². The molecule has 0 bridgehead atoms. The van der Waals surface area contributed by atoms with E-state index in [4.69, 9.17) is 23.7 Å². The maximum atomic E-state index is 13.7. The lowest BCUT2D eigenvalue weighted by atomic mass is 9.78. The molecule has 10 heteroatoms. The van der Waals surface area contributed by atoms with E-state index < -0.39 is 28.4 Å². The number of hydrogen-bond donors (Lipinski definition) is 1. The SMILES string of the molecule is CCCCC(CCCOC)(C(=O)OCCCOC1CC(C)(C)N(C)C(C)(C)C1)C(=O)OCCCOC1CC(C)(C)N(O)C(C)(C)C1. The van der Waals surface area contributed by atoms with Gasteiger partial charge in [-0.2, -0.15) is 5.06 Å². The number of piperidine rings is 2. The van der Waals surface area contributed by atoms with Crippen molar-refractivity contribution in [2.24, 2.45) is 5.41 Å². The number of esters is 2. The molecule has 10 nitrogen and oxygen atoms in total. The molecule has 0 aromatic carbocycles. The number of hydrogen-bond acceptors (Lipinski definition) is 10. The largest absolute Gasteiger partial charge is 0.465 e. The number of likely N-dealkylation sites (tertiary alicyclic amines) is 1. The standard InChI is InChI=1S/C36H68N2O8/c1-12-13-17-36(18-14-19-42-11,30(39)45-22-15-20-43-28-24-32(2,3)37(10)33(4,5)25-28)31(40)46-23-16-21-44-29-26-34(6,7)38(41)35(8,9)27-29/h28-29,41H,12-27H2,1-11H3. The molecule has 1 atom stereocenters. The van der Waals surface area contributed by atoms with Crippen molar-refractivity contribution < 1.29 is 38.5 Å². The van der Waals surface area contributed by atoms with Crippen molar-refractivity contribution in [1.29, 1.82) is 0 Å². The monoisotopic (exact) mass is 656 g/mol. The van der Waals surface area contributed by atoms with E-state index in [2.05, 4.69) is 39.6 Å². The Morgan fingerprint density at radius 2 is 1.09 bits per heavy atom. The zero-order valence-electron chi connectivity index (χ0n) is 31.2. The number of carbonyl (C=O) groups is 2. The van der Waals surface area contributed by atoms with Crippen LogP contribution in [0.5, 0.6) is 0 Å². The summed E-state index contributed by atoms with van der Waals surface area (Å²) in [5.74, 6) is -1.04. The van der Waals surface area contributed by atoms with Crippen molar-refractivity contribution in [2.75, 3.05) is 47.2 Å². The number of methoxy groups -OCH3 is 1. The lowest BCUT2D eigenvalue weighted by molar-refractivity contribution is -0.261. The van der Waals surface area contributed by atoms with E-state index in [9.17, 15) is 14.8 Å². The van der Waals surface area contributed by atoms with Gasteiger partial charge >= 0.3 is 11.9 Å². The van der Waals surface area contributed by atoms with Gasteiger partial charge in [0.2, 0.25) is 0 Å². The summed E-state index contributed by atoms with van der Waals surface area (Å²) < 4.78 is 29.2. The minimum absolute atomic E-state index is 0.00169. The lowest BCUT2D eigenvalue weighted by Gasteiger charge is -2.53. The number of carbonyl (C=O) groups excluding carboxylic acids is 2. The van der Waals surface area contributed by atoms with Crippen molar-refractivity contribution in [3.05, 3.63) is 0 Å². The van der Waals surface area contributed by atoms with Gasteiger partial charge in [-0.15, -0.1) is 0 Å². The first kappa shape index (κ1) is 40.9. The Kier molecular flexibility index (Phi) is 15.4. The summed E-state index contributed by atoms with van der Waals surface area (Å²) in [6.07, 6.45) is 7.32. The molecule has 2 saturated heterocycles. The minimum Gasteiger partial charge on any atom is -0.465 e. The Balaban J connectivity index is 1.92. The second-order valence-corrected chi connectivity index (χ2v) is 16.2. The second kappa shape index (κ2) is 17.4. The zero-order chi connectivity index (χ0) is 34.8. The lowest BCUT2D eigenvalue weighted by Crippen LogP contribution is -2.60. The molecule has 0 aliphatic carbocycles. The average molecular weight is 657 g/mol. The maximum absolute atomic E-state index is 13.7. The summed E-state index contributed by atoms with van der Waals surface area (Å²) in [5.41, 5.74) is -2.07. The van der Waals surface area contributed by atoms with E-state index in [0.717, 1.165) is 19.3 Å². The highest BCUT2D eigenvalue weighted by Gasteiger charge is 2.48. The van der Waals surface area contributed by atoms with Gasteiger partial charge < -0.3 is 28.9 Å². The second-order valence-electron chi connectivity index (χ2n) is 16.2.